The maximum atomic E-state index is 6.14. The van der Waals surface area contributed by atoms with E-state index in [1.165, 1.54) is 43.8 Å². The molecule has 0 bridgehead atoms. The second-order valence-corrected chi connectivity index (χ2v) is 11.8. The summed E-state index contributed by atoms with van der Waals surface area (Å²) in [5.41, 5.74) is 9.95. The molecule has 0 N–H and O–H groups in total. The second kappa shape index (κ2) is 10.8. The predicted octanol–water partition coefficient (Wildman–Crippen LogP) is 12.7. The van der Waals surface area contributed by atoms with Gasteiger partial charge in [-0.15, -0.1) is 0 Å². The van der Waals surface area contributed by atoms with Gasteiger partial charge in [-0.3, -0.25) is 0 Å². The number of rotatable bonds is 5. The van der Waals surface area contributed by atoms with E-state index in [1.807, 2.05) is 12.1 Å². The van der Waals surface area contributed by atoms with Crippen molar-refractivity contribution in [3.05, 3.63) is 176 Å². The molecule has 0 saturated carbocycles. The van der Waals surface area contributed by atoms with Crippen molar-refractivity contribution in [3.63, 3.8) is 0 Å². The third-order valence-electron chi connectivity index (χ3n) is 9.03. The lowest BCUT2D eigenvalue weighted by atomic mass is 9.94. The topological polar surface area (TPSA) is 16.4 Å². The summed E-state index contributed by atoms with van der Waals surface area (Å²) in [7, 11) is 0. The van der Waals surface area contributed by atoms with Crippen molar-refractivity contribution in [1.82, 2.24) is 0 Å². The minimum atomic E-state index is 0.896. The summed E-state index contributed by atoms with van der Waals surface area (Å²) in [6.07, 6.45) is 0. The largest absolute Gasteiger partial charge is 0.456 e. The van der Waals surface area contributed by atoms with Crippen molar-refractivity contribution in [1.29, 1.82) is 0 Å². The first-order valence-electron chi connectivity index (χ1n) is 15.7. The Hall–Kier alpha value is -6.12. The predicted molar refractivity (Wildman–Crippen MR) is 194 cm³/mol. The third kappa shape index (κ3) is 4.51. The van der Waals surface area contributed by atoms with Crippen LogP contribution in [-0.2, 0) is 0 Å². The monoisotopic (exact) mass is 587 g/mol. The first kappa shape index (κ1) is 26.3. The van der Waals surface area contributed by atoms with E-state index in [0.29, 0.717) is 0 Å². The molecule has 0 aliphatic rings. The Morgan fingerprint density at radius 3 is 1.83 bits per heavy atom. The average Bonchev–Trinajstić information content (AvgIpc) is 3.50. The van der Waals surface area contributed by atoms with Crippen LogP contribution in [0.3, 0.4) is 0 Å². The molecule has 46 heavy (non-hydrogen) atoms. The van der Waals surface area contributed by atoms with Gasteiger partial charge in [0.2, 0.25) is 0 Å². The van der Waals surface area contributed by atoms with Gasteiger partial charge in [-0.1, -0.05) is 115 Å². The van der Waals surface area contributed by atoms with Gasteiger partial charge < -0.3 is 9.32 Å². The molecule has 0 spiro atoms. The zero-order valence-electron chi connectivity index (χ0n) is 25.1. The Morgan fingerprint density at radius 2 is 0.957 bits per heavy atom. The number of furan rings is 1. The molecular formula is C44H29NO. The Kier molecular flexibility index (Phi) is 6.17. The van der Waals surface area contributed by atoms with Crippen molar-refractivity contribution in [2.45, 2.75) is 0 Å². The fourth-order valence-electron chi connectivity index (χ4n) is 6.74. The molecular weight excluding hydrogens is 558 g/mol. The van der Waals surface area contributed by atoms with Gasteiger partial charge in [0.15, 0.2) is 0 Å². The van der Waals surface area contributed by atoms with Gasteiger partial charge in [-0.25, -0.2) is 0 Å². The van der Waals surface area contributed by atoms with Gasteiger partial charge in [0.25, 0.3) is 0 Å². The molecule has 0 aliphatic heterocycles. The summed E-state index contributed by atoms with van der Waals surface area (Å²) in [4.78, 5) is 2.31. The summed E-state index contributed by atoms with van der Waals surface area (Å²) >= 11 is 0. The van der Waals surface area contributed by atoms with E-state index < -0.39 is 0 Å². The van der Waals surface area contributed by atoms with Crippen LogP contribution in [0.5, 0.6) is 0 Å². The number of nitrogens with zero attached hydrogens (tertiary/aromatic N) is 1. The van der Waals surface area contributed by atoms with Crippen LogP contribution in [0.25, 0.3) is 65.7 Å². The van der Waals surface area contributed by atoms with Crippen LogP contribution in [0.4, 0.5) is 17.1 Å². The normalized spacial score (nSPS) is 11.5. The number of para-hydroxylation sites is 2. The van der Waals surface area contributed by atoms with E-state index in [2.05, 4.69) is 169 Å². The number of fused-ring (bicyclic) bond motifs is 5. The number of anilines is 3. The Labute approximate surface area is 267 Å². The molecule has 2 nitrogen and oxygen atoms in total. The highest BCUT2D eigenvalue weighted by molar-refractivity contribution is 6.06. The fraction of sp³-hybridized carbons (Fsp3) is 0. The third-order valence-corrected chi connectivity index (χ3v) is 9.03. The second-order valence-electron chi connectivity index (χ2n) is 11.8. The summed E-state index contributed by atoms with van der Waals surface area (Å²) in [6, 6.07) is 62.9. The highest BCUT2D eigenvalue weighted by atomic mass is 16.3. The molecule has 1 heterocycles. The highest BCUT2D eigenvalue weighted by Gasteiger charge is 2.16. The van der Waals surface area contributed by atoms with Crippen LogP contribution >= 0.6 is 0 Å². The van der Waals surface area contributed by atoms with Gasteiger partial charge in [0.05, 0.1) is 0 Å². The lowest BCUT2D eigenvalue weighted by Crippen LogP contribution is -2.09. The fourth-order valence-corrected chi connectivity index (χ4v) is 6.74. The lowest BCUT2D eigenvalue weighted by molar-refractivity contribution is 0.669. The molecule has 216 valence electrons. The van der Waals surface area contributed by atoms with E-state index in [0.717, 1.165) is 39.0 Å². The lowest BCUT2D eigenvalue weighted by Gasteiger charge is -2.25. The van der Waals surface area contributed by atoms with E-state index in [1.54, 1.807) is 0 Å². The Morgan fingerprint density at radius 1 is 0.326 bits per heavy atom. The van der Waals surface area contributed by atoms with Crippen molar-refractivity contribution < 1.29 is 4.42 Å². The molecule has 0 fully saturated rings. The van der Waals surface area contributed by atoms with Gasteiger partial charge in [0.1, 0.15) is 11.2 Å². The average molecular weight is 588 g/mol. The summed E-state index contributed by atoms with van der Waals surface area (Å²) in [5, 5.41) is 7.24. The van der Waals surface area contributed by atoms with Crippen LogP contribution in [0.1, 0.15) is 0 Å². The number of benzene rings is 8. The van der Waals surface area contributed by atoms with Crippen molar-refractivity contribution in [2.24, 2.45) is 0 Å². The van der Waals surface area contributed by atoms with Crippen LogP contribution in [-0.4, -0.2) is 0 Å². The van der Waals surface area contributed by atoms with E-state index >= 15 is 0 Å². The zero-order valence-corrected chi connectivity index (χ0v) is 25.1. The molecule has 0 atom stereocenters. The smallest absolute Gasteiger partial charge is 0.135 e. The zero-order chi connectivity index (χ0) is 30.5. The van der Waals surface area contributed by atoms with Crippen LogP contribution in [0.2, 0.25) is 0 Å². The molecule has 0 amide bonds. The van der Waals surface area contributed by atoms with E-state index in [4.69, 9.17) is 4.42 Å². The quantitative estimate of drug-likeness (QED) is 0.199. The molecule has 1 aromatic heterocycles. The molecule has 9 aromatic rings. The first-order chi connectivity index (χ1) is 22.8. The van der Waals surface area contributed by atoms with Gasteiger partial charge >= 0.3 is 0 Å². The highest BCUT2D eigenvalue weighted by Crippen LogP contribution is 2.40. The molecule has 0 aliphatic carbocycles. The molecule has 0 unspecified atom stereocenters. The summed E-state index contributed by atoms with van der Waals surface area (Å²) in [6.45, 7) is 0. The van der Waals surface area contributed by atoms with Gasteiger partial charge in [0, 0.05) is 27.8 Å². The van der Waals surface area contributed by atoms with Crippen LogP contribution < -0.4 is 4.90 Å². The first-order valence-corrected chi connectivity index (χ1v) is 15.7. The molecule has 8 aromatic carbocycles. The summed E-state index contributed by atoms with van der Waals surface area (Å²) in [5.74, 6) is 0. The maximum Gasteiger partial charge on any atom is 0.135 e. The SMILES string of the molecule is c1ccc(N(c2ccc(-c3cccc4ccc(-c5ccc6ccccc6c5)cc34)cc2)c2ccc3oc4ccccc4c3c2)cc1. The maximum absolute atomic E-state index is 6.14. The summed E-state index contributed by atoms with van der Waals surface area (Å²) < 4.78 is 6.14. The van der Waals surface area contributed by atoms with E-state index in [9.17, 15) is 0 Å². The Bertz CT molecular complexity index is 2530. The van der Waals surface area contributed by atoms with E-state index in [-0.39, 0.29) is 0 Å². The molecule has 0 saturated heterocycles. The molecule has 0 radical (unpaired) electrons. The van der Waals surface area contributed by atoms with Crippen molar-refractivity contribution in [3.8, 4) is 22.3 Å². The van der Waals surface area contributed by atoms with Crippen molar-refractivity contribution >= 4 is 60.5 Å². The molecule has 9 rings (SSSR count). The Balaban J connectivity index is 1.13. The van der Waals surface area contributed by atoms with Gasteiger partial charge in [-0.2, -0.15) is 0 Å². The van der Waals surface area contributed by atoms with Crippen molar-refractivity contribution in [2.75, 3.05) is 4.90 Å². The van der Waals surface area contributed by atoms with Crippen LogP contribution in [0, 0.1) is 0 Å². The number of hydrogen-bond acceptors (Lipinski definition) is 2. The standard InChI is InChI=1S/C44H29NO/c1-2-12-36(13-3-1)45(38-25-26-44-42(29-38)40-14-6-7-16-43(40)46-44)37-23-21-32(22-24-37)39-15-8-11-31-18-20-35(28-41(31)39)34-19-17-30-9-4-5-10-33(30)27-34/h1-29H. The number of hydrogen-bond donors (Lipinski definition) is 0. The minimum absolute atomic E-state index is 0.896. The van der Waals surface area contributed by atoms with Gasteiger partial charge in [-0.05, 0) is 104 Å². The molecule has 2 heteroatoms. The van der Waals surface area contributed by atoms with Crippen LogP contribution in [0.15, 0.2) is 180 Å². The minimum Gasteiger partial charge on any atom is -0.456 e.